The average Bonchev–Trinajstić information content (AvgIpc) is 3.28. The smallest absolute Gasteiger partial charge is 0.337 e. The van der Waals surface area contributed by atoms with Gasteiger partial charge in [-0.25, -0.2) is 4.79 Å². The van der Waals surface area contributed by atoms with Crippen molar-refractivity contribution in [1.82, 2.24) is 0 Å². The number of carbonyl (C=O) groups excluding carboxylic acids is 1. The number of hydrogen-bond donors (Lipinski definition) is 1. The fourth-order valence-electron chi connectivity index (χ4n) is 4.32. The lowest BCUT2D eigenvalue weighted by Crippen LogP contribution is -2.31. The van der Waals surface area contributed by atoms with Crippen LogP contribution in [-0.2, 0) is 22.6 Å². The molecule has 0 saturated heterocycles. The average molecular weight is 392 g/mol. The molecule has 29 heavy (non-hydrogen) atoms. The van der Waals surface area contributed by atoms with Gasteiger partial charge in [0.05, 0.1) is 5.57 Å². The molecule has 0 amide bonds. The number of benzene rings is 2. The molecule has 0 aromatic heterocycles. The highest BCUT2D eigenvalue weighted by molar-refractivity contribution is 5.90. The van der Waals surface area contributed by atoms with Crippen molar-refractivity contribution in [2.45, 2.75) is 57.7 Å². The third-order valence-corrected chi connectivity index (χ3v) is 5.98. The molecule has 2 aromatic rings. The first-order valence-electron chi connectivity index (χ1n) is 10.6. The number of cyclic esters (lactones) is 1. The van der Waals surface area contributed by atoms with E-state index in [1.54, 1.807) is 0 Å². The highest BCUT2D eigenvalue weighted by Gasteiger charge is 2.35. The van der Waals surface area contributed by atoms with Crippen LogP contribution in [-0.4, -0.2) is 17.2 Å². The monoisotopic (exact) mass is 392 g/mol. The van der Waals surface area contributed by atoms with Crippen LogP contribution < -0.4 is 4.74 Å². The highest BCUT2D eigenvalue weighted by Crippen LogP contribution is 2.35. The van der Waals surface area contributed by atoms with Crippen LogP contribution in [0.4, 0.5) is 0 Å². The Morgan fingerprint density at radius 2 is 1.72 bits per heavy atom. The minimum Gasteiger partial charge on any atom is -0.512 e. The topological polar surface area (TPSA) is 55.8 Å². The van der Waals surface area contributed by atoms with E-state index in [0.717, 1.165) is 29.7 Å². The fraction of sp³-hybridized carbons (Fsp3) is 0.400. The molecule has 1 aliphatic heterocycles. The molecule has 1 N–H and O–H groups in total. The van der Waals surface area contributed by atoms with Crippen LogP contribution >= 0.6 is 0 Å². The Hall–Kier alpha value is -2.75. The highest BCUT2D eigenvalue weighted by atomic mass is 16.5. The van der Waals surface area contributed by atoms with Gasteiger partial charge in [-0.3, -0.25) is 0 Å². The van der Waals surface area contributed by atoms with Gasteiger partial charge in [-0.05, 0) is 54.9 Å². The molecule has 1 unspecified atom stereocenters. The summed E-state index contributed by atoms with van der Waals surface area (Å²) in [4.78, 5) is 12.5. The molecule has 2 aromatic carbocycles. The predicted octanol–water partition coefficient (Wildman–Crippen LogP) is 5.52. The summed E-state index contributed by atoms with van der Waals surface area (Å²) in [5.74, 6) is 1.08. The van der Waals surface area contributed by atoms with Crippen molar-refractivity contribution >= 4 is 5.97 Å². The van der Waals surface area contributed by atoms with Crippen molar-refractivity contribution in [2.75, 3.05) is 0 Å². The second kappa shape index (κ2) is 9.17. The van der Waals surface area contributed by atoms with Crippen LogP contribution in [0.25, 0.3) is 0 Å². The van der Waals surface area contributed by atoms with Gasteiger partial charge in [0, 0.05) is 6.42 Å². The van der Waals surface area contributed by atoms with Crippen LogP contribution in [0.3, 0.4) is 0 Å². The van der Waals surface area contributed by atoms with E-state index in [1.165, 1.54) is 12.8 Å². The summed E-state index contributed by atoms with van der Waals surface area (Å²) >= 11 is 0. The van der Waals surface area contributed by atoms with Crippen molar-refractivity contribution in [2.24, 2.45) is 5.92 Å². The Bertz CT molecular complexity index is 865. The summed E-state index contributed by atoms with van der Waals surface area (Å²) < 4.78 is 11.6. The van der Waals surface area contributed by atoms with Crippen molar-refractivity contribution < 1.29 is 19.4 Å². The maximum atomic E-state index is 12.5. The molecule has 4 heteroatoms. The minimum absolute atomic E-state index is 0.150. The van der Waals surface area contributed by atoms with E-state index < -0.39 is 0 Å². The Kier molecular flexibility index (Phi) is 6.18. The summed E-state index contributed by atoms with van der Waals surface area (Å²) in [5.41, 5.74) is 2.62. The zero-order chi connectivity index (χ0) is 20.1. The Morgan fingerprint density at radius 1 is 0.966 bits per heavy atom. The molecule has 4 nitrogen and oxygen atoms in total. The van der Waals surface area contributed by atoms with Crippen LogP contribution in [0.2, 0.25) is 0 Å². The molecule has 1 saturated carbocycles. The first-order chi connectivity index (χ1) is 14.2. The zero-order valence-corrected chi connectivity index (χ0v) is 16.7. The zero-order valence-electron chi connectivity index (χ0n) is 16.7. The van der Waals surface area contributed by atoms with Crippen molar-refractivity contribution in [3.05, 3.63) is 77.1 Å². The number of aliphatic hydroxyl groups is 1. The molecule has 152 valence electrons. The van der Waals surface area contributed by atoms with Gasteiger partial charge in [0.25, 0.3) is 0 Å². The normalized spacial score (nSPS) is 20.0. The van der Waals surface area contributed by atoms with E-state index in [2.05, 4.69) is 0 Å². The number of esters is 1. The molecule has 1 aliphatic carbocycles. The molecule has 0 radical (unpaired) electrons. The van der Waals surface area contributed by atoms with E-state index in [1.807, 2.05) is 54.6 Å². The molecule has 1 atom stereocenters. The van der Waals surface area contributed by atoms with Crippen molar-refractivity contribution in [3.8, 4) is 5.75 Å². The lowest BCUT2D eigenvalue weighted by atomic mass is 9.92. The van der Waals surface area contributed by atoms with E-state index in [0.29, 0.717) is 37.4 Å². The second-order valence-corrected chi connectivity index (χ2v) is 8.04. The Morgan fingerprint density at radius 3 is 2.48 bits per heavy atom. The summed E-state index contributed by atoms with van der Waals surface area (Å²) in [6.07, 6.45) is 6.02. The van der Waals surface area contributed by atoms with Gasteiger partial charge < -0.3 is 14.6 Å². The van der Waals surface area contributed by atoms with Crippen molar-refractivity contribution in [3.63, 3.8) is 0 Å². The number of rotatable bonds is 7. The minimum atomic E-state index is -0.345. The van der Waals surface area contributed by atoms with Crippen LogP contribution in [0.5, 0.6) is 5.75 Å². The molecule has 1 fully saturated rings. The largest absolute Gasteiger partial charge is 0.512 e. The summed E-state index contributed by atoms with van der Waals surface area (Å²) in [5, 5.41) is 10.5. The third kappa shape index (κ3) is 5.00. The van der Waals surface area contributed by atoms with E-state index in [4.69, 9.17) is 9.47 Å². The second-order valence-electron chi connectivity index (χ2n) is 8.04. The van der Waals surface area contributed by atoms with Gasteiger partial charge in [0.1, 0.15) is 24.2 Å². The summed E-state index contributed by atoms with van der Waals surface area (Å²) in [7, 11) is 0. The van der Waals surface area contributed by atoms with Gasteiger partial charge in [-0.1, -0.05) is 55.3 Å². The first-order valence-corrected chi connectivity index (χ1v) is 10.6. The molecule has 2 aliphatic rings. The molecule has 0 spiro atoms. The van der Waals surface area contributed by atoms with Crippen molar-refractivity contribution in [1.29, 1.82) is 0 Å². The standard InChI is InChI=1S/C25H28O4/c26-23-16-24(20-10-4-5-11-20)29-25(27)22(23)14-13-18-9-6-12-21(15-18)28-17-19-7-2-1-3-8-19/h1-3,6-9,12,15,20,24,26H,4-5,10-11,13-14,16-17H2. The number of aryl methyl sites for hydroxylation is 1. The lowest BCUT2D eigenvalue weighted by Gasteiger charge is -2.28. The predicted molar refractivity (Wildman–Crippen MR) is 112 cm³/mol. The first kappa shape index (κ1) is 19.6. The fourth-order valence-corrected chi connectivity index (χ4v) is 4.32. The van der Waals surface area contributed by atoms with Crippen LogP contribution in [0.1, 0.15) is 49.7 Å². The van der Waals surface area contributed by atoms with Gasteiger partial charge in [0.2, 0.25) is 0 Å². The summed E-state index contributed by atoms with van der Waals surface area (Å²) in [6.45, 7) is 0.519. The number of aliphatic hydroxyl groups excluding tert-OH is 1. The number of hydrogen-bond acceptors (Lipinski definition) is 4. The van der Waals surface area contributed by atoms with Gasteiger partial charge in [0.15, 0.2) is 0 Å². The third-order valence-electron chi connectivity index (χ3n) is 5.98. The van der Waals surface area contributed by atoms with E-state index in [-0.39, 0.29) is 17.8 Å². The van der Waals surface area contributed by atoms with Gasteiger partial charge in [-0.15, -0.1) is 0 Å². The van der Waals surface area contributed by atoms with Crippen LogP contribution in [0.15, 0.2) is 65.9 Å². The SMILES string of the molecule is O=C1OC(C2CCCC2)CC(O)=C1CCc1cccc(OCc2ccccc2)c1. The molecule has 0 bridgehead atoms. The lowest BCUT2D eigenvalue weighted by molar-refractivity contribution is -0.150. The maximum absolute atomic E-state index is 12.5. The molecule has 1 heterocycles. The Balaban J connectivity index is 1.34. The van der Waals surface area contributed by atoms with Gasteiger partial charge in [-0.2, -0.15) is 0 Å². The van der Waals surface area contributed by atoms with Gasteiger partial charge >= 0.3 is 5.97 Å². The number of ether oxygens (including phenoxy) is 2. The quantitative estimate of drug-likeness (QED) is 0.631. The Labute approximate surface area is 172 Å². The molecular weight excluding hydrogens is 364 g/mol. The maximum Gasteiger partial charge on any atom is 0.337 e. The summed E-state index contributed by atoms with van der Waals surface area (Å²) in [6, 6.07) is 18.0. The molecular formula is C25H28O4. The number of carbonyl (C=O) groups is 1. The van der Waals surface area contributed by atoms with Crippen LogP contribution in [0, 0.1) is 5.92 Å². The molecule has 4 rings (SSSR count). The van der Waals surface area contributed by atoms with E-state index >= 15 is 0 Å². The van der Waals surface area contributed by atoms with E-state index in [9.17, 15) is 9.90 Å².